The van der Waals surface area contributed by atoms with E-state index < -0.39 is 5.82 Å². The summed E-state index contributed by atoms with van der Waals surface area (Å²) in [6.45, 7) is 4.19. The van der Waals surface area contributed by atoms with Crippen LogP contribution in [0.25, 0.3) is 0 Å². The van der Waals surface area contributed by atoms with Gasteiger partial charge in [0.15, 0.2) is 0 Å². The molecule has 1 aromatic rings. The third kappa shape index (κ3) is 4.43. The number of amides is 2. The van der Waals surface area contributed by atoms with Crippen LogP contribution in [0.1, 0.15) is 37.9 Å². The van der Waals surface area contributed by atoms with Crippen LogP contribution in [-0.2, 0) is 9.47 Å². The van der Waals surface area contributed by atoms with Gasteiger partial charge in [-0.15, -0.1) is 0 Å². The quantitative estimate of drug-likeness (QED) is 0.882. The summed E-state index contributed by atoms with van der Waals surface area (Å²) < 4.78 is 24.8. The largest absolute Gasteiger partial charge is 0.376 e. The van der Waals surface area contributed by atoms with Crippen molar-refractivity contribution in [1.29, 1.82) is 0 Å². The van der Waals surface area contributed by atoms with E-state index >= 15 is 0 Å². The standard InChI is InChI=1S/C18H24ClFN2O3/c1-2-15(16-4-3-8-24-16)21-18(23)22-7-9-25-17(11-22)12-5-6-14(20)13(19)10-12/h5-6,10,15-17H,2-4,7-9,11H2,1H3,(H,21,23)/t15-,16+,17+/m0/s1. The lowest BCUT2D eigenvalue weighted by Gasteiger charge is -2.35. The summed E-state index contributed by atoms with van der Waals surface area (Å²) in [4.78, 5) is 14.4. The van der Waals surface area contributed by atoms with Crippen molar-refractivity contribution in [3.05, 3.63) is 34.6 Å². The number of nitrogens with one attached hydrogen (secondary N) is 1. The van der Waals surface area contributed by atoms with Gasteiger partial charge in [0.1, 0.15) is 11.9 Å². The van der Waals surface area contributed by atoms with E-state index in [9.17, 15) is 9.18 Å². The predicted octanol–water partition coefficient (Wildman–Crippen LogP) is 3.52. The Morgan fingerprint density at radius 1 is 1.44 bits per heavy atom. The molecule has 138 valence electrons. The minimum absolute atomic E-state index is 0.0246. The van der Waals surface area contributed by atoms with E-state index in [4.69, 9.17) is 21.1 Å². The highest BCUT2D eigenvalue weighted by atomic mass is 35.5. The molecule has 0 spiro atoms. The van der Waals surface area contributed by atoms with Gasteiger partial charge in [-0.05, 0) is 37.0 Å². The lowest BCUT2D eigenvalue weighted by atomic mass is 10.1. The van der Waals surface area contributed by atoms with E-state index in [-0.39, 0.29) is 29.3 Å². The number of morpholine rings is 1. The normalized spacial score (nSPS) is 25.0. The van der Waals surface area contributed by atoms with Gasteiger partial charge in [-0.1, -0.05) is 24.6 Å². The van der Waals surface area contributed by atoms with E-state index in [0.717, 1.165) is 31.4 Å². The number of carbonyl (C=O) groups excluding carboxylic acids is 1. The van der Waals surface area contributed by atoms with Gasteiger partial charge in [0, 0.05) is 13.2 Å². The molecule has 0 radical (unpaired) electrons. The molecule has 3 atom stereocenters. The van der Waals surface area contributed by atoms with Crippen LogP contribution >= 0.6 is 11.6 Å². The third-order valence-electron chi connectivity index (χ3n) is 4.83. The first-order valence-electron chi connectivity index (χ1n) is 8.82. The maximum Gasteiger partial charge on any atom is 0.317 e. The molecule has 25 heavy (non-hydrogen) atoms. The first-order chi connectivity index (χ1) is 12.1. The average molecular weight is 371 g/mol. The Kier molecular flexibility index (Phi) is 6.15. The van der Waals surface area contributed by atoms with Crippen LogP contribution in [0.5, 0.6) is 0 Å². The van der Waals surface area contributed by atoms with Crippen molar-refractivity contribution in [1.82, 2.24) is 10.2 Å². The second kappa shape index (κ2) is 8.34. The van der Waals surface area contributed by atoms with Gasteiger partial charge in [0.2, 0.25) is 0 Å². The van der Waals surface area contributed by atoms with Gasteiger partial charge in [0.05, 0.1) is 30.3 Å². The smallest absolute Gasteiger partial charge is 0.317 e. The number of benzene rings is 1. The molecular weight excluding hydrogens is 347 g/mol. The fraction of sp³-hybridized carbons (Fsp3) is 0.611. The molecule has 1 aromatic carbocycles. The Morgan fingerprint density at radius 3 is 2.96 bits per heavy atom. The fourth-order valence-corrected chi connectivity index (χ4v) is 3.56. The lowest BCUT2D eigenvalue weighted by molar-refractivity contribution is -0.0168. The molecule has 7 heteroatoms. The number of nitrogens with zero attached hydrogens (tertiary/aromatic N) is 1. The second-order valence-electron chi connectivity index (χ2n) is 6.49. The molecule has 2 saturated heterocycles. The molecule has 3 rings (SSSR count). The molecule has 0 unspecified atom stereocenters. The van der Waals surface area contributed by atoms with Crippen LogP contribution in [-0.4, -0.2) is 49.4 Å². The van der Waals surface area contributed by atoms with Crippen molar-refractivity contribution < 1.29 is 18.7 Å². The average Bonchev–Trinajstić information content (AvgIpc) is 3.16. The highest BCUT2D eigenvalue weighted by Crippen LogP contribution is 2.26. The van der Waals surface area contributed by atoms with Crippen LogP contribution in [0, 0.1) is 5.82 Å². The highest BCUT2D eigenvalue weighted by Gasteiger charge is 2.30. The van der Waals surface area contributed by atoms with Crippen molar-refractivity contribution in [3.63, 3.8) is 0 Å². The zero-order valence-electron chi connectivity index (χ0n) is 14.3. The maximum atomic E-state index is 13.3. The monoisotopic (exact) mass is 370 g/mol. The van der Waals surface area contributed by atoms with Gasteiger partial charge in [-0.3, -0.25) is 0 Å². The van der Waals surface area contributed by atoms with E-state index in [1.165, 1.54) is 6.07 Å². The van der Waals surface area contributed by atoms with Crippen molar-refractivity contribution in [3.8, 4) is 0 Å². The molecule has 0 saturated carbocycles. The summed E-state index contributed by atoms with van der Waals surface area (Å²) in [6, 6.07) is 4.45. The Hall–Kier alpha value is -1.37. The minimum Gasteiger partial charge on any atom is -0.376 e. The summed E-state index contributed by atoms with van der Waals surface area (Å²) in [5.74, 6) is -0.460. The molecule has 2 aliphatic rings. The number of urea groups is 1. The third-order valence-corrected chi connectivity index (χ3v) is 5.12. The first kappa shape index (κ1) is 18.4. The summed E-state index contributed by atoms with van der Waals surface area (Å²) in [5, 5.41) is 3.15. The van der Waals surface area contributed by atoms with Crippen LogP contribution in [0.15, 0.2) is 18.2 Å². The van der Waals surface area contributed by atoms with Crippen molar-refractivity contribution in [2.24, 2.45) is 0 Å². The molecule has 5 nitrogen and oxygen atoms in total. The zero-order valence-corrected chi connectivity index (χ0v) is 15.1. The number of carbonyl (C=O) groups is 1. The van der Waals surface area contributed by atoms with Crippen LogP contribution in [0.4, 0.5) is 9.18 Å². The summed E-state index contributed by atoms with van der Waals surface area (Å²) >= 11 is 5.85. The van der Waals surface area contributed by atoms with E-state index in [1.807, 2.05) is 0 Å². The number of halogens is 2. The maximum absolute atomic E-state index is 13.3. The molecule has 2 aliphatic heterocycles. The SMILES string of the molecule is CC[C@H](NC(=O)N1CCO[C@@H](c2ccc(F)c(Cl)c2)C1)[C@H]1CCCO1. The summed E-state index contributed by atoms with van der Waals surface area (Å²) in [6.07, 6.45) is 2.65. The summed E-state index contributed by atoms with van der Waals surface area (Å²) in [5.41, 5.74) is 0.773. The Balaban J connectivity index is 1.61. The Bertz CT molecular complexity index is 610. The molecule has 0 aliphatic carbocycles. The molecule has 2 heterocycles. The summed E-state index contributed by atoms with van der Waals surface area (Å²) in [7, 11) is 0. The van der Waals surface area contributed by atoms with Crippen LogP contribution < -0.4 is 5.32 Å². The molecule has 2 fully saturated rings. The minimum atomic E-state index is -0.460. The van der Waals surface area contributed by atoms with Crippen molar-refractivity contribution in [2.45, 2.75) is 44.4 Å². The topological polar surface area (TPSA) is 50.8 Å². The lowest BCUT2D eigenvalue weighted by Crippen LogP contribution is -2.52. The first-order valence-corrected chi connectivity index (χ1v) is 9.20. The number of ether oxygens (including phenoxy) is 2. The fourth-order valence-electron chi connectivity index (χ4n) is 3.38. The number of hydrogen-bond acceptors (Lipinski definition) is 3. The molecular formula is C18H24ClFN2O3. The van der Waals surface area contributed by atoms with Gasteiger partial charge in [0.25, 0.3) is 0 Å². The predicted molar refractivity (Wildman–Crippen MR) is 93.3 cm³/mol. The van der Waals surface area contributed by atoms with Gasteiger partial charge in [-0.2, -0.15) is 0 Å². The van der Waals surface area contributed by atoms with Gasteiger partial charge in [-0.25, -0.2) is 9.18 Å². The molecule has 2 amide bonds. The van der Waals surface area contributed by atoms with Crippen molar-refractivity contribution in [2.75, 3.05) is 26.3 Å². The van der Waals surface area contributed by atoms with E-state index in [2.05, 4.69) is 12.2 Å². The van der Waals surface area contributed by atoms with Crippen LogP contribution in [0.3, 0.4) is 0 Å². The molecule has 1 N–H and O–H groups in total. The van der Waals surface area contributed by atoms with E-state index in [1.54, 1.807) is 17.0 Å². The Morgan fingerprint density at radius 2 is 2.28 bits per heavy atom. The zero-order chi connectivity index (χ0) is 17.8. The van der Waals surface area contributed by atoms with E-state index in [0.29, 0.717) is 19.7 Å². The number of rotatable bonds is 4. The van der Waals surface area contributed by atoms with Crippen molar-refractivity contribution >= 4 is 17.6 Å². The molecule has 0 bridgehead atoms. The number of hydrogen-bond donors (Lipinski definition) is 1. The Labute approximate surface area is 152 Å². The molecule has 0 aromatic heterocycles. The van der Waals surface area contributed by atoms with Gasteiger partial charge < -0.3 is 19.7 Å². The second-order valence-corrected chi connectivity index (χ2v) is 6.90. The highest BCUT2D eigenvalue weighted by molar-refractivity contribution is 6.30. The van der Waals surface area contributed by atoms with Gasteiger partial charge >= 0.3 is 6.03 Å². The van der Waals surface area contributed by atoms with Crippen LogP contribution in [0.2, 0.25) is 5.02 Å².